The fourth-order valence-corrected chi connectivity index (χ4v) is 1.73. The zero-order valence-electron chi connectivity index (χ0n) is 11.3. The van der Waals surface area contributed by atoms with Crippen molar-refractivity contribution in [2.24, 2.45) is 0 Å². The molecule has 4 heteroatoms. The summed E-state index contributed by atoms with van der Waals surface area (Å²) in [6.07, 6.45) is 4.54. The summed E-state index contributed by atoms with van der Waals surface area (Å²) >= 11 is 0. The predicted molar refractivity (Wildman–Crippen MR) is 65.5 cm³/mol. The molecule has 0 rings (SSSR count). The summed E-state index contributed by atoms with van der Waals surface area (Å²) < 4.78 is 10.2. The van der Waals surface area contributed by atoms with Crippen LogP contribution in [-0.2, 0) is 19.1 Å². The van der Waals surface area contributed by atoms with E-state index in [2.05, 4.69) is 0 Å². The summed E-state index contributed by atoms with van der Waals surface area (Å²) in [4.78, 5) is 21.5. The Hall–Kier alpha value is -1.06. The number of carbonyl (C=O) groups excluding carboxylic acids is 2. The summed E-state index contributed by atoms with van der Waals surface area (Å²) in [7, 11) is 0. The average Bonchev–Trinajstić information content (AvgIpc) is 2.20. The van der Waals surface area contributed by atoms with Crippen LogP contribution in [-0.4, -0.2) is 24.1 Å². The van der Waals surface area contributed by atoms with Gasteiger partial charge < -0.3 is 9.47 Å². The van der Waals surface area contributed by atoms with Crippen molar-refractivity contribution in [3.63, 3.8) is 0 Å². The maximum absolute atomic E-state index is 10.8. The maximum Gasteiger partial charge on any atom is 0.302 e. The average molecular weight is 244 g/mol. The Morgan fingerprint density at radius 1 is 1.00 bits per heavy atom. The SMILES string of the molecule is CC[C@H](CCCC[C@@H](C)OC(C)=O)OC(C)=O. The van der Waals surface area contributed by atoms with Gasteiger partial charge in [-0.15, -0.1) is 0 Å². The third-order valence-corrected chi connectivity index (χ3v) is 2.54. The lowest BCUT2D eigenvalue weighted by atomic mass is 10.1. The summed E-state index contributed by atoms with van der Waals surface area (Å²) in [6.45, 7) is 6.76. The minimum atomic E-state index is -0.233. The molecule has 0 aromatic heterocycles. The van der Waals surface area contributed by atoms with Crippen molar-refractivity contribution in [2.45, 2.75) is 72.0 Å². The Kier molecular flexibility index (Phi) is 8.46. The normalized spacial score (nSPS) is 13.9. The van der Waals surface area contributed by atoms with Crippen LogP contribution in [0.1, 0.15) is 59.8 Å². The van der Waals surface area contributed by atoms with E-state index in [1.807, 2.05) is 13.8 Å². The number of hydrogen-bond acceptors (Lipinski definition) is 4. The minimum Gasteiger partial charge on any atom is -0.463 e. The summed E-state index contributed by atoms with van der Waals surface area (Å²) in [5.74, 6) is -0.450. The first kappa shape index (κ1) is 15.9. The number of carbonyl (C=O) groups is 2. The van der Waals surface area contributed by atoms with Gasteiger partial charge in [-0.25, -0.2) is 0 Å². The number of hydrogen-bond donors (Lipinski definition) is 0. The molecule has 0 aliphatic carbocycles. The van der Waals surface area contributed by atoms with Gasteiger partial charge in [-0.2, -0.15) is 0 Å². The first-order valence-corrected chi connectivity index (χ1v) is 6.30. The molecule has 2 atom stereocenters. The number of esters is 2. The van der Waals surface area contributed by atoms with Crippen molar-refractivity contribution in [3.8, 4) is 0 Å². The highest BCUT2D eigenvalue weighted by atomic mass is 16.5. The standard InChI is InChI=1S/C13H24O4/c1-5-13(17-12(4)15)9-7-6-8-10(2)16-11(3)14/h10,13H,5-9H2,1-4H3/t10-,13-/m1/s1. The van der Waals surface area contributed by atoms with Crippen molar-refractivity contribution >= 4 is 11.9 Å². The Labute approximate surface area is 104 Å². The molecule has 0 unspecified atom stereocenters. The molecule has 0 bridgehead atoms. The second-order valence-electron chi connectivity index (χ2n) is 4.34. The highest BCUT2D eigenvalue weighted by Crippen LogP contribution is 2.12. The Bertz CT molecular complexity index is 238. The van der Waals surface area contributed by atoms with Gasteiger partial charge in [-0.3, -0.25) is 9.59 Å². The van der Waals surface area contributed by atoms with E-state index in [1.54, 1.807) is 0 Å². The molecule has 0 fully saturated rings. The van der Waals surface area contributed by atoms with Gasteiger partial charge in [0, 0.05) is 13.8 Å². The van der Waals surface area contributed by atoms with Crippen LogP contribution in [0.3, 0.4) is 0 Å². The molecule has 0 amide bonds. The van der Waals surface area contributed by atoms with Gasteiger partial charge in [-0.05, 0) is 39.0 Å². The van der Waals surface area contributed by atoms with Crippen LogP contribution in [0, 0.1) is 0 Å². The number of ether oxygens (including phenoxy) is 2. The third kappa shape index (κ3) is 9.85. The lowest BCUT2D eigenvalue weighted by Gasteiger charge is -2.15. The van der Waals surface area contributed by atoms with Gasteiger partial charge in [0.15, 0.2) is 0 Å². The zero-order chi connectivity index (χ0) is 13.3. The molecule has 0 spiro atoms. The van der Waals surface area contributed by atoms with Gasteiger partial charge in [0.25, 0.3) is 0 Å². The van der Waals surface area contributed by atoms with Crippen LogP contribution >= 0.6 is 0 Å². The number of rotatable bonds is 8. The minimum absolute atomic E-state index is 0.0246. The van der Waals surface area contributed by atoms with E-state index in [-0.39, 0.29) is 24.1 Å². The second kappa shape index (κ2) is 9.02. The molecule has 0 aliphatic heterocycles. The number of unbranched alkanes of at least 4 members (excludes halogenated alkanes) is 1. The van der Waals surface area contributed by atoms with E-state index < -0.39 is 0 Å². The van der Waals surface area contributed by atoms with Crippen molar-refractivity contribution in [3.05, 3.63) is 0 Å². The molecular formula is C13H24O4. The van der Waals surface area contributed by atoms with Crippen LogP contribution in [0.5, 0.6) is 0 Å². The molecule has 0 N–H and O–H groups in total. The first-order chi connectivity index (χ1) is 7.95. The van der Waals surface area contributed by atoms with Crippen LogP contribution in [0.25, 0.3) is 0 Å². The molecule has 0 radical (unpaired) electrons. The molecule has 17 heavy (non-hydrogen) atoms. The molecule has 0 saturated carbocycles. The highest BCUT2D eigenvalue weighted by Gasteiger charge is 2.10. The molecule has 0 saturated heterocycles. The van der Waals surface area contributed by atoms with Crippen molar-refractivity contribution in [1.29, 1.82) is 0 Å². The third-order valence-electron chi connectivity index (χ3n) is 2.54. The first-order valence-electron chi connectivity index (χ1n) is 6.30. The van der Waals surface area contributed by atoms with Crippen LogP contribution in [0.2, 0.25) is 0 Å². The van der Waals surface area contributed by atoms with Crippen molar-refractivity contribution < 1.29 is 19.1 Å². The van der Waals surface area contributed by atoms with Crippen LogP contribution < -0.4 is 0 Å². The summed E-state index contributed by atoms with van der Waals surface area (Å²) in [5, 5.41) is 0. The Balaban J connectivity index is 3.61. The van der Waals surface area contributed by atoms with E-state index in [1.165, 1.54) is 13.8 Å². The zero-order valence-corrected chi connectivity index (χ0v) is 11.3. The second-order valence-corrected chi connectivity index (χ2v) is 4.34. The lowest BCUT2D eigenvalue weighted by molar-refractivity contribution is -0.148. The van der Waals surface area contributed by atoms with Gasteiger partial charge in [0.1, 0.15) is 6.10 Å². The molecule has 0 heterocycles. The summed E-state index contributed by atoms with van der Waals surface area (Å²) in [5.41, 5.74) is 0. The predicted octanol–water partition coefficient (Wildman–Crippen LogP) is 2.84. The smallest absolute Gasteiger partial charge is 0.302 e. The van der Waals surface area contributed by atoms with E-state index in [0.29, 0.717) is 0 Å². The largest absolute Gasteiger partial charge is 0.463 e. The van der Waals surface area contributed by atoms with E-state index >= 15 is 0 Å². The van der Waals surface area contributed by atoms with Gasteiger partial charge in [-0.1, -0.05) is 6.92 Å². The highest BCUT2D eigenvalue weighted by molar-refractivity contribution is 5.66. The Morgan fingerprint density at radius 2 is 1.53 bits per heavy atom. The van der Waals surface area contributed by atoms with Crippen LogP contribution in [0.4, 0.5) is 0 Å². The Morgan fingerprint density at radius 3 is 2.00 bits per heavy atom. The molecule has 100 valence electrons. The molecular weight excluding hydrogens is 220 g/mol. The van der Waals surface area contributed by atoms with E-state index in [4.69, 9.17) is 9.47 Å². The van der Waals surface area contributed by atoms with Gasteiger partial charge in [0.05, 0.1) is 6.10 Å². The lowest BCUT2D eigenvalue weighted by Crippen LogP contribution is -2.16. The van der Waals surface area contributed by atoms with Gasteiger partial charge in [0.2, 0.25) is 0 Å². The van der Waals surface area contributed by atoms with E-state index in [9.17, 15) is 9.59 Å². The topological polar surface area (TPSA) is 52.6 Å². The molecule has 0 aliphatic rings. The quantitative estimate of drug-likeness (QED) is 0.486. The van der Waals surface area contributed by atoms with Crippen LogP contribution in [0.15, 0.2) is 0 Å². The maximum atomic E-state index is 10.8. The fourth-order valence-electron chi connectivity index (χ4n) is 1.73. The van der Waals surface area contributed by atoms with Crippen molar-refractivity contribution in [1.82, 2.24) is 0 Å². The summed E-state index contributed by atoms with van der Waals surface area (Å²) in [6, 6.07) is 0. The molecule has 0 aromatic rings. The van der Waals surface area contributed by atoms with Gasteiger partial charge >= 0.3 is 11.9 Å². The molecule has 0 aromatic carbocycles. The van der Waals surface area contributed by atoms with E-state index in [0.717, 1.165) is 32.1 Å². The monoisotopic (exact) mass is 244 g/mol. The fraction of sp³-hybridized carbons (Fsp3) is 0.846. The van der Waals surface area contributed by atoms with Crippen molar-refractivity contribution in [2.75, 3.05) is 0 Å². The molecule has 4 nitrogen and oxygen atoms in total.